The number of benzene rings is 1. The summed E-state index contributed by atoms with van der Waals surface area (Å²) in [6.07, 6.45) is 0. The molecule has 8 heteroatoms. The van der Waals surface area contributed by atoms with Crippen molar-refractivity contribution in [3.8, 4) is 6.07 Å². The van der Waals surface area contributed by atoms with E-state index < -0.39 is 5.91 Å². The van der Waals surface area contributed by atoms with Crippen LogP contribution in [0.25, 0.3) is 0 Å². The first-order valence-electron chi connectivity index (χ1n) is 4.71. The molecule has 0 atom stereocenters. The molecule has 0 fully saturated rings. The fraction of sp³-hybridized carbons (Fsp3) is 0. The molecule has 90 valence electrons. The number of nitrogens with zero attached hydrogens (tertiary/aromatic N) is 3. The molecule has 0 saturated carbocycles. The first-order chi connectivity index (χ1) is 8.61. The van der Waals surface area contributed by atoms with Gasteiger partial charge in [0.2, 0.25) is 11.5 Å². The lowest BCUT2D eigenvalue weighted by Gasteiger charge is -2.05. The van der Waals surface area contributed by atoms with E-state index in [9.17, 15) is 4.79 Å². The third kappa shape index (κ3) is 2.31. The van der Waals surface area contributed by atoms with E-state index in [0.717, 1.165) is 4.47 Å². The number of hydrogen-bond acceptors (Lipinski definition) is 6. The second kappa shape index (κ2) is 4.85. The van der Waals surface area contributed by atoms with Crippen LogP contribution in [0.2, 0.25) is 0 Å². The van der Waals surface area contributed by atoms with Crippen molar-refractivity contribution in [2.45, 2.75) is 0 Å². The Bertz CT molecular complexity index is 646. The molecule has 0 unspecified atom stereocenters. The molecular weight excluding hydrogens is 302 g/mol. The first-order valence-corrected chi connectivity index (χ1v) is 5.50. The maximum Gasteiger partial charge on any atom is 0.281 e. The Balaban J connectivity index is 2.30. The van der Waals surface area contributed by atoms with E-state index in [4.69, 9.17) is 11.0 Å². The molecule has 1 heterocycles. The highest BCUT2D eigenvalue weighted by Crippen LogP contribution is 2.21. The fourth-order valence-electron chi connectivity index (χ4n) is 1.25. The van der Waals surface area contributed by atoms with Crippen molar-refractivity contribution in [1.29, 1.82) is 5.26 Å². The third-order valence-electron chi connectivity index (χ3n) is 2.08. The zero-order valence-corrected chi connectivity index (χ0v) is 10.4. The lowest BCUT2D eigenvalue weighted by molar-refractivity contribution is 0.101. The van der Waals surface area contributed by atoms with Crippen molar-refractivity contribution in [3.63, 3.8) is 0 Å². The molecule has 0 aliphatic rings. The highest BCUT2D eigenvalue weighted by molar-refractivity contribution is 9.10. The van der Waals surface area contributed by atoms with Crippen molar-refractivity contribution >= 4 is 33.3 Å². The monoisotopic (exact) mass is 307 g/mol. The minimum Gasteiger partial charge on any atom is -0.379 e. The molecule has 0 saturated heterocycles. The molecule has 0 aliphatic heterocycles. The minimum atomic E-state index is -0.594. The fourth-order valence-corrected chi connectivity index (χ4v) is 1.61. The normalized spacial score (nSPS) is 9.78. The number of rotatable bonds is 2. The Hall–Kier alpha value is -2.40. The van der Waals surface area contributed by atoms with E-state index in [2.05, 4.69) is 36.2 Å². The van der Waals surface area contributed by atoms with Gasteiger partial charge in [0, 0.05) is 4.47 Å². The maximum atomic E-state index is 11.8. The number of nitrogens with two attached hydrogens (primary N) is 1. The molecule has 2 rings (SSSR count). The summed E-state index contributed by atoms with van der Waals surface area (Å²) in [4.78, 5) is 11.8. The predicted molar refractivity (Wildman–Crippen MR) is 65.5 cm³/mol. The van der Waals surface area contributed by atoms with Crippen LogP contribution in [0.1, 0.15) is 16.1 Å². The van der Waals surface area contributed by atoms with Crippen LogP contribution in [0.5, 0.6) is 0 Å². The van der Waals surface area contributed by atoms with Gasteiger partial charge in [-0.2, -0.15) is 5.26 Å². The zero-order chi connectivity index (χ0) is 13.1. The number of nitriles is 1. The molecule has 18 heavy (non-hydrogen) atoms. The molecule has 2 aromatic rings. The quantitative estimate of drug-likeness (QED) is 0.868. The molecule has 1 amide bonds. The number of nitrogen functional groups attached to an aromatic ring is 1. The van der Waals surface area contributed by atoms with Gasteiger partial charge in [0.25, 0.3) is 5.91 Å². The first kappa shape index (κ1) is 12.1. The Morgan fingerprint density at radius 2 is 2.28 bits per heavy atom. The molecule has 1 aromatic heterocycles. The average molecular weight is 308 g/mol. The van der Waals surface area contributed by atoms with Gasteiger partial charge < -0.3 is 11.1 Å². The second-order valence-corrected chi connectivity index (χ2v) is 4.17. The number of aromatic nitrogens is 2. The number of nitrogens with one attached hydrogen (secondary N) is 1. The minimum absolute atomic E-state index is 0.110. The molecule has 0 spiro atoms. The van der Waals surface area contributed by atoms with Crippen LogP contribution in [0.4, 0.5) is 11.5 Å². The van der Waals surface area contributed by atoms with Crippen molar-refractivity contribution in [2.75, 3.05) is 11.1 Å². The topological polar surface area (TPSA) is 118 Å². The van der Waals surface area contributed by atoms with E-state index >= 15 is 0 Å². The summed E-state index contributed by atoms with van der Waals surface area (Å²) >= 11 is 3.25. The second-order valence-electron chi connectivity index (χ2n) is 3.25. The van der Waals surface area contributed by atoms with E-state index in [-0.39, 0.29) is 11.5 Å². The lowest BCUT2D eigenvalue weighted by Crippen LogP contribution is -2.15. The third-order valence-corrected chi connectivity index (χ3v) is 2.57. The molecule has 1 aromatic carbocycles. The molecular formula is C10H6BrN5O2. The largest absolute Gasteiger partial charge is 0.379 e. The van der Waals surface area contributed by atoms with E-state index in [1.165, 1.54) is 0 Å². The van der Waals surface area contributed by atoms with Crippen molar-refractivity contribution in [2.24, 2.45) is 0 Å². The average Bonchev–Trinajstić information content (AvgIpc) is 2.76. The summed E-state index contributed by atoms with van der Waals surface area (Å²) in [7, 11) is 0. The number of hydrogen-bond donors (Lipinski definition) is 2. The smallest absolute Gasteiger partial charge is 0.281 e. The zero-order valence-electron chi connectivity index (χ0n) is 8.85. The maximum absolute atomic E-state index is 11.8. The van der Waals surface area contributed by atoms with Gasteiger partial charge in [-0.3, -0.25) is 4.79 Å². The number of amides is 1. The molecule has 0 bridgehead atoms. The molecule has 0 aliphatic carbocycles. The predicted octanol–water partition coefficient (Wildman–Crippen LogP) is 1.54. The summed E-state index contributed by atoms with van der Waals surface area (Å²) in [6, 6.07) is 6.83. The van der Waals surface area contributed by atoms with Crippen LogP contribution >= 0.6 is 15.9 Å². The summed E-state index contributed by atoms with van der Waals surface area (Å²) < 4.78 is 5.05. The number of carbonyl (C=O) groups is 1. The van der Waals surface area contributed by atoms with Crippen LogP contribution in [-0.2, 0) is 0 Å². The number of carbonyl (C=O) groups excluding carboxylic acids is 1. The Labute approximate surface area is 110 Å². The molecule has 0 radical (unpaired) electrons. The molecule has 7 nitrogen and oxygen atoms in total. The van der Waals surface area contributed by atoms with Crippen LogP contribution in [-0.4, -0.2) is 16.2 Å². The van der Waals surface area contributed by atoms with Gasteiger partial charge in [-0.1, -0.05) is 15.9 Å². The van der Waals surface area contributed by atoms with Gasteiger partial charge >= 0.3 is 0 Å². The van der Waals surface area contributed by atoms with Gasteiger partial charge in [0.15, 0.2) is 0 Å². The summed E-state index contributed by atoms with van der Waals surface area (Å²) in [5.41, 5.74) is 5.93. The van der Waals surface area contributed by atoms with Gasteiger partial charge in [-0.15, -0.1) is 0 Å². The summed E-state index contributed by atoms with van der Waals surface area (Å²) in [5, 5.41) is 18.1. The summed E-state index contributed by atoms with van der Waals surface area (Å²) in [6.45, 7) is 0. The van der Waals surface area contributed by atoms with Gasteiger partial charge in [-0.05, 0) is 28.5 Å². The highest BCUT2D eigenvalue weighted by Gasteiger charge is 2.17. The SMILES string of the molecule is N#Cc1ccc(Br)cc1NC(=O)c1nonc1N. The van der Waals surface area contributed by atoms with E-state index in [0.29, 0.717) is 11.3 Å². The standard InChI is InChI=1S/C10H6BrN5O2/c11-6-2-1-5(4-12)7(3-6)14-10(17)8-9(13)16-18-15-8/h1-3H,(H2,13,16)(H,14,17). The Morgan fingerprint density at radius 1 is 1.50 bits per heavy atom. The van der Waals surface area contributed by atoms with Gasteiger partial charge in [-0.25, -0.2) is 4.63 Å². The highest BCUT2D eigenvalue weighted by atomic mass is 79.9. The number of halogens is 1. The Kier molecular flexibility index (Phi) is 3.25. The number of anilines is 2. The van der Waals surface area contributed by atoms with Crippen molar-refractivity contribution in [1.82, 2.24) is 10.3 Å². The van der Waals surface area contributed by atoms with Crippen molar-refractivity contribution < 1.29 is 9.42 Å². The lowest BCUT2D eigenvalue weighted by atomic mass is 10.2. The molecule has 3 N–H and O–H groups in total. The van der Waals surface area contributed by atoms with Crippen LogP contribution in [0, 0.1) is 11.3 Å². The van der Waals surface area contributed by atoms with Gasteiger partial charge in [0.1, 0.15) is 6.07 Å². The van der Waals surface area contributed by atoms with Crippen LogP contribution in [0.3, 0.4) is 0 Å². The van der Waals surface area contributed by atoms with Crippen LogP contribution in [0.15, 0.2) is 27.3 Å². The Morgan fingerprint density at radius 3 is 2.89 bits per heavy atom. The van der Waals surface area contributed by atoms with E-state index in [1.807, 2.05) is 6.07 Å². The van der Waals surface area contributed by atoms with Crippen molar-refractivity contribution in [3.05, 3.63) is 33.9 Å². The van der Waals surface area contributed by atoms with Crippen LogP contribution < -0.4 is 11.1 Å². The van der Waals surface area contributed by atoms with Gasteiger partial charge in [0.05, 0.1) is 11.3 Å². The van der Waals surface area contributed by atoms with E-state index in [1.54, 1.807) is 18.2 Å². The summed E-state index contributed by atoms with van der Waals surface area (Å²) in [5.74, 6) is -0.704.